The molecule has 2 rings (SSSR count). The zero-order chi connectivity index (χ0) is 16.3. The summed E-state index contributed by atoms with van der Waals surface area (Å²) < 4.78 is 19.4. The number of ether oxygens (including phenoxy) is 1. The molecular formula is C19H24FNO. The molecule has 0 spiro atoms. The van der Waals surface area contributed by atoms with Crippen LogP contribution in [0.5, 0.6) is 5.88 Å². The van der Waals surface area contributed by atoms with Crippen molar-refractivity contribution in [2.75, 3.05) is 7.11 Å². The summed E-state index contributed by atoms with van der Waals surface area (Å²) in [6.45, 7) is 8.71. The molecule has 2 aromatic rings. The van der Waals surface area contributed by atoms with Gasteiger partial charge in [-0.15, -0.1) is 0 Å². The van der Waals surface area contributed by atoms with Crippen molar-refractivity contribution < 1.29 is 9.13 Å². The number of rotatable bonds is 4. The molecule has 0 atom stereocenters. The molecule has 3 heteroatoms. The molecule has 0 saturated heterocycles. The van der Waals surface area contributed by atoms with E-state index in [1.807, 2.05) is 6.07 Å². The molecule has 0 amide bonds. The van der Waals surface area contributed by atoms with Crippen molar-refractivity contribution >= 4 is 0 Å². The number of hydrogen-bond acceptors (Lipinski definition) is 2. The lowest BCUT2D eigenvalue weighted by atomic mass is 9.84. The minimum Gasteiger partial charge on any atom is -0.481 e. The molecule has 118 valence electrons. The van der Waals surface area contributed by atoms with Gasteiger partial charge in [-0.3, -0.25) is 0 Å². The highest BCUT2D eigenvalue weighted by Crippen LogP contribution is 2.33. The third kappa shape index (κ3) is 3.85. The Morgan fingerprint density at radius 2 is 1.86 bits per heavy atom. The van der Waals surface area contributed by atoms with Crippen LogP contribution >= 0.6 is 0 Å². The molecular weight excluding hydrogens is 277 g/mol. The molecule has 0 N–H and O–H groups in total. The number of aryl methyl sites for hydroxylation is 1. The van der Waals surface area contributed by atoms with Crippen LogP contribution in [-0.4, -0.2) is 12.1 Å². The van der Waals surface area contributed by atoms with Gasteiger partial charge >= 0.3 is 0 Å². The Kier molecular flexibility index (Phi) is 4.84. The van der Waals surface area contributed by atoms with Crippen LogP contribution in [-0.2, 0) is 12.8 Å². The first-order valence-corrected chi connectivity index (χ1v) is 7.65. The third-order valence-electron chi connectivity index (χ3n) is 3.63. The van der Waals surface area contributed by atoms with Crippen LogP contribution in [0.1, 0.15) is 38.8 Å². The third-order valence-corrected chi connectivity index (χ3v) is 3.63. The van der Waals surface area contributed by atoms with E-state index in [2.05, 4.69) is 44.8 Å². The van der Waals surface area contributed by atoms with Crippen molar-refractivity contribution in [1.82, 2.24) is 4.98 Å². The second-order valence-corrected chi connectivity index (χ2v) is 6.79. The van der Waals surface area contributed by atoms with Crippen LogP contribution < -0.4 is 4.74 Å². The number of pyridine rings is 1. The van der Waals surface area contributed by atoms with E-state index in [1.165, 1.54) is 17.3 Å². The number of methoxy groups -OCH3 is 1. The van der Waals surface area contributed by atoms with E-state index in [1.54, 1.807) is 13.2 Å². The molecule has 0 bridgehead atoms. The lowest BCUT2D eigenvalue weighted by Gasteiger charge is -2.21. The van der Waals surface area contributed by atoms with Gasteiger partial charge in [-0.05, 0) is 34.9 Å². The Labute approximate surface area is 132 Å². The van der Waals surface area contributed by atoms with Gasteiger partial charge in [0.25, 0.3) is 0 Å². The molecule has 1 heterocycles. The van der Waals surface area contributed by atoms with Gasteiger partial charge in [-0.25, -0.2) is 9.37 Å². The van der Waals surface area contributed by atoms with E-state index in [4.69, 9.17) is 4.74 Å². The van der Waals surface area contributed by atoms with Crippen LogP contribution in [0.25, 0.3) is 11.1 Å². The molecule has 0 unspecified atom stereocenters. The average molecular weight is 301 g/mol. The Morgan fingerprint density at radius 1 is 1.14 bits per heavy atom. The quantitative estimate of drug-likeness (QED) is 0.788. The summed E-state index contributed by atoms with van der Waals surface area (Å²) in [4.78, 5) is 3.92. The molecule has 0 aliphatic rings. The molecule has 1 aromatic carbocycles. The van der Waals surface area contributed by atoms with Crippen molar-refractivity contribution in [3.63, 3.8) is 0 Å². The van der Waals surface area contributed by atoms with Crippen LogP contribution in [0.2, 0.25) is 0 Å². The molecule has 1 aromatic heterocycles. The maximum absolute atomic E-state index is 14.3. The SMILES string of the molecule is CCc1ccc(-c2cc(OC)ncc2F)c(CC(C)(C)C)c1. The Hall–Kier alpha value is -1.90. The van der Waals surface area contributed by atoms with Crippen LogP contribution in [0.3, 0.4) is 0 Å². The van der Waals surface area contributed by atoms with Crippen molar-refractivity contribution in [1.29, 1.82) is 0 Å². The highest BCUT2D eigenvalue weighted by Gasteiger charge is 2.18. The Morgan fingerprint density at radius 3 is 2.45 bits per heavy atom. The van der Waals surface area contributed by atoms with Gasteiger partial charge in [0.05, 0.1) is 13.3 Å². The van der Waals surface area contributed by atoms with Gasteiger partial charge < -0.3 is 4.74 Å². The molecule has 2 nitrogen and oxygen atoms in total. The van der Waals surface area contributed by atoms with Crippen LogP contribution in [0.4, 0.5) is 4.39 Å². The summed E-state index contributed by atoms with van der Waals surface area (Å²) in [5, 5.41) is 0. The number of aromatic nitrogens is 1. The van der Waals surface area contributed by atoms with Crippen molar-refractivity contribution in [2.45, 2.75) is 40.5 Å². The molecule has 0 fully saturated rings. The number of benzene rings is 1. The monoisotopic (exact) mass is 301 g/mol. The smallest absolute Gasteiger partial charge is 0.213 e. The molecule has 22 heavy (non-hydrogen) atoms. The van der Waals surface area contributed by atoms with Crippen molar-refractivity contribution in [2.24, 2.45) is 5.41 Å². The van der Waals surface area contributed by atoms with Crippen LogP contribution in [0, 0.1) is 11.2 Å². The summed E-state index contributed by atoms with van der Waals surface area (Å²) in [7, 11) is 1.54. The van der Waals surface area contributed by atoms with E-state index in [0.717, 1.165) is 18.4 Å². The van der Waals surface area contributed by atoms with E-state index >= 15 is 0 Å². The first-order valence-electron chi connectivity index (χ1n) is 7.65. The number of hydrogen-bond donors (Lipinski definition) is 0. The second kappa shape index (κ2) is 6.47. The fourth-order valence-corrected chi connectivity index (χ4v) is 2.58. The first-order chi connectivity index (χ1) is 10.3. The molecule has 0 aliphatic heterocycles. The van der Waals surface area contributed by atoms with E-state index in [9.17, 15) is 4.39 Å². The van der Waals surface area contributed by atoms with Gasteiger partial charge in [-0.1, -0.05) is 45.9 Å². The molecule has 0 aliphatic carbocycles. The molecule has 0 radical (unpaired) electrons. The normalized spacial score (nSPS) is 11.5. The lowest BCUT2D eigenvalue weighted by Crippen LogP contribution is -2.10. The van der Waals surface area contributed by atoms with Crippen molar-refractivity contribution in [3.05, 3.63) is 47.4 Å². The Bertz CT molecular complexity index is 659. The summed E-state index contributed by atoms with van der Waals surface area (Å²) in [6, 6.07) is 7.93. The maximum atomic E-state index is 14.3. The predicted octanol–water partition coefficient (Wildman–Crippen LogP) is 5.05. The summed E-state index contributed by atoms with van der Waals surface area (Å²) in [5.74, 6) is 0.109. The largest absolute Gasteiger partial charge is 0.481 e. The maximum Gasteiger partial charge on any atom is 0.213 e. The summed E-state index contributed by atoms with van der Waals surface area (Å²) >= 11 is 0. The minimum absolute atomic E-state index is 0.134. The van der Waals surface area contributed by atoms with Crippen LogP contribution in [0.15, 0.2) is 30.5 Å². The zero-order valence-electron chi connectivity index (χ0n) is 14.0. The van der Waals surface area contributed by atoms with E-state index in [0.29, 0.717) is 11.4 Å². The fourth-order valence-electron chi connectivity index (χ4n) is 2.58. The average Bonchev–Trinajstić information content (AvgIpc) is 2.46. The van der Waals surface area contributed by atoms with Gasteiger partial charge in [0.15, 0.2) is 0 Å². The van der Waals surface area contributed by atoms with Gasteiger partial charge in [0, 0.05) is 11.6 Å². The fraction of sp³-hybridized carbons (Fsp3) is 0.421. The number of halogens is 1. The highest BCUT2D eigenvalue weighted by molar-refractivity contribution is 5.69. The van der Waals surface area contributed by atoms with Crippen molar-refractivity contribution in [3.8, 4) is 17.0 Å². The minimum atomic E-state index is -0.319. The molecule has 0 saturated carbocycles. The highest BCUT2D eigenvalue weighted by atomic mass is 19.1. The first kappa shape index (κ1) is 16.5. The zero-order valence-corrected chi connectivity index (χ0v) is 14.0. The lowest BCUT2D eigenvalue weighted by molar-refractivity contribution is 0.396. The standard InChI is InChI=1S/C19H24FNO/c1-6-13-7-8-15(14(9-13)11-19(2,3)4)16-10-18(22-5)21-12-17(16)20/h7-10,12H,6,11H2,1-5H3. The summed E-state index contributed by atoms with van der Waals surface area (Å²) in [6.07, 6.45) is 3.09. The van der Waals surface area contributed by atoms with Gasteiger partial charge in [0.1, 0.15) is 5.82 Å². The van der Waals surface area contributed by atoms with E-state index < -0.39 is 0 Å². The van der Waals surface area contributed by atoms with E-state index in [-0.39, 0.29) is 11.2 Å². The predicted molar refractivity (Wildman–Crippen MR) is 88.7 cm³/mol. The Balaban J connectivity index is 2.59. The summed E-state index contributed by atoms with van der Waals surface area (Å²) in [5.41, 5.74) is 4.04. The van der Waals surface area contributed by atoms with Gasteiger partial charge in [0.2, 0.25) is 5.88 Å². The second-order valence-electron chi connectivity index (χ2n) is 6.79. The number of nitrogens with zero attached hydrogens (tertiary/aromatic N) is 1. The topological polar surface area (TPSA) is 22.1 Å². The van der Waals surface area contributed by atoms with Gasteiger partial charge in [-0.2, -0.15) is 0 Å².